The van der Waals surface area contributed by atoms with Gasteiger partial charge in [0.1, 0.15) is 17.1 Å². The number of aryl methyl sites for hydroxylation is 1. The molecule has 2 aromatic heterocycles. The van der Waals surface area contributed by atoms with E-state index in [0.29, 0.717) is 18.1 Å². The number of hydrogen-bond donors (Lipinski definition) is 1. The SMILES string of the molecule is CC(=O)Cc1ncc(-c2ccc3oc(C)nc3c2)[nH]1. The van der Waals surface area contributed by atoms with E-state index in [-0.39, 0.29) is 5.78 Å². The minimum absolute atomic E-state index is 0.0866. The molecule has 96 valence electrons. The van der Waals surface area contributed by atoms with E-state index in [9.17, 15) is 4.79 Å². The van der Waals surface area contributed by atoms with Crippen molar-refractivity contribution >= 4 is 16.9 Å². The van der Waals surface area contributed by atoms with Crippen molar-refractivity contribution in [3.63, 3.8) is 0 Å². The number of fused-ring (bicyclic) bond motifs is 1. The lowest BCUT2D eigenvalue weighted by Crippen LogP contribution is -1.97. The van der Waals surface area contributed by atoms with E-state index in [0.717, 1.165) is 22.4 Å². The Morgan fingerprint density at radius 3 is 3.05 bits per heavy atom. The molecule has 0 unspecified atom stereocenters. The van der Waals surface area contributed by atoms with Crippen LogP contribution in [0.5, 0.6) is 0 Å². The fourth-order valence-electron chi connectivity index (χ4n) is 2.04. The summed E-state index contributed by atoms with van der Waals surface area (Å²) in [5.74, 6) is 1.41. The van der Waals surface area contributed by atoms with Gasteiger partial charge in [-0.1, -0.05) is 0 Å². The monoisotopic (exact) mass is 255 g/mol. The topological polar surface area (TPSA) is 71.8 Å². The Morgan fingerprint density at radius 2 is 2.26 bits per heavy atom. The molecule has 0 fully saturated rings. The van der Waals surface area contributed by atoms with E-state index in [1.54, 1.807) is 13.1 Å². The van der Waals surface area contributed by atoms with E-state index < -0.39 is 0 Å². The number of H-pyrrole nitrogens is 1. The number of aromatic nitrogens is 3. The fourth-order valence-corrected chi connectivity index (χ4v) is 2.04. The zero-order chi connectivity index (χ0) is 13.4. The van der Waals surface area contributed by atoms with Crippen LogP contribution in [0.1, 0.15) is 18.6 Å². The van der Waals surface area contributed by atoms with Crippen LogP contribution in [0, 0.1) is 6.92 Å². The fraction of sp³-hybridized carbons (Fsp3) is 0.214. The number of ketones is 1. The minimum Gasteiger partial charge on any atom is -0.441 e. The van der Waals surface area contributed by atoms with Crippen molar-refractivity contribution in [3.05, 3.63) is 36.1 Å². The molecule has 5 heteroatoms. The first-order chi connectivity index (χ1) is 9.11. The second-order valence-corrected chi connectivity index (χ2v) is 4.54. The zero-order valence-electron chi connectivity index (χ0n) is 10.7. The lowest BCUT2D eigenvalue weighted by atomic mass is 10.1. The minimum atomic E-state index is 0.0866. The van der Waals surface area contributed by atoms with Gasteiger partial charge in [0.15, 0.2) is 11.5 Å². The molecule has 3 aromatic rings. The normalized spacial score (nSPS) is 11.1. The first kappa shape index (κ1) is 11.6. The van der Waals surface area contributed by atoms with Crippen LogP contribution >= 0.6 is 0 Å². The van der Waals surface area contributed by atoms with Gasteiger partial charge in [0, 0.05) is 12.5 Å². The van der Waals surface area contributed by atoms with Crippen molar-refractivity contribution in [2.24, 2.45) is 0 Å². The summed E-state index contributed by atoms with van der Waals surface area (Å²) in [5.41, 5.74) is 3.43. The quantitative estimate of drug-likeness (QED) is 0.781. The van der Waals surface area contributed by atoms with Crippen molar-refractivity contribution in [2.75, 3.05) is 0 Å². The number of benzene rings is 1. The zero-order valence-corrected chi connectivity index (χ0v) is 10.7. The van der Waals surface area contributed by atoms with E-state index in [2.05, 4.69) is 15.0 Å². The van der Waals surface area contributed by atoms with Gasteiger partial charge in [-0.3, -0.25) is 4.79 Å². The smallest absolute Gasteiger partial charge is 0.192 e. The lowest BCUT2D eigenvalue weighted by molar-refractivity contribution is -0.116. The van der Waals surface area contributed by atoms with Gasteiger partial charge < -0.3 is 9.40 Å². The van der Waals surface area contributed by atoms with Crippen LogP contribution in [-0.4, -0.2) is 20.7 Å². The van der Waals surface area contributed by atoms with Gasteiger partial charge in [0.2, 0.25) is 0 Å². The molecule has 19 heavy (non-hydrogen) atoms. The van der Waals surface area contributed by atoms with Crippen LogP contribution in [0.15, 0.2) is 28.8 Å². The van der Waals surface area contributed by atoms with E-state index in [1.165, 1.54) is 0 Å². The van der Waals surface area contributed by atoms with Crippen LogP contribution in [-0.2, 0) is 11.2 Å². The van der Waals surface area contributed by atoms with Gasteiger partial charge in [0.05, 0.1) is 18.3 Å². The summed E-state index contributed by atoms with van der Waals surface area (Å²) in [7, 11) is 0. The highest BCUT2D eigenvalue weighted by atomic mass is 16.3. The maximum atomic E-state index is 11.1. The van der Waals surface area contributed by atoms with Crippen molar-refractivity contribution in [1.82, 2.24) is 15.0 Å². The van der Waals surface area contributed by atoms with Crippen LogP contribution in [0.3, 0.4) is 0 Å². The van der Waals surface area contributed by atoms with Crippen LogP contribution in [0.2, 0.25) is 0 Å². The molecular formula is C14H13N3O2. The van der Waals surface area contributed by atoms with Crippen molar-refractivity contribution in [2.45, 2.75) is 20.3 Å². The van der Waals surface area contributed by atoms with Crippen LogP contribution < -0.4 is 0 Å². The first-order valence-electron chi connectivity index (χ1n) is 6.03. The third-order valence-electron chi connectivity index (χ3n) is 2.85. The molecule has 5 nitrogen and oxygen atoms in total. The summed E-state index contributed by atoms with van der Waals surface area (Å²) < 4.78 is 5.43. The Labute approximate surface area is 109 Å². The number of carbonyl (C=O) groups excluding carboxylic acids is 1. The molecule has 0 spiro atoms. The number of Topliss-reactive ketones (excluding diaryl/α,β-unsaturated/α-hetero) is 1. The van der Waals surface area contributed by atoms with Crippen LogP contribution in [0.25, 0.3) is 22.4 Å². The second kappa shape index (κ2) is 4.35. The first-order valence-corrected chi connectivity index (χ1v) is 6.03. The number of imidazole rings is 1. The molecule has 0 radical (unpaired) electrons. The maximum absolute atomic E-state index is 11.1. The molecule has 1 N–H and O–H groups in total. The van der Waals surface area contributed by atoms with Gasteiger partial charge in [-0.25, -0.2) is 9.97 Å². The molecular weight excluding hydrogens is 242 g/mol. The van der Waals surface area contributed by atoms with E-state index >= 15 is 0 Å². The standard InChI is InChI=1S/C14H13N3O2/c1-8(18)5-14-15-7-12(17-14)10-3-4-13-11(6-10)16-9(2)19-13/h3-4,6-7H,5H2,1-2H3,(H,15,17). The van der Waals surface area contributed by atoms with Gasteiger partial charge in [-0.2, -0.15) is 0 Å². The van der Waals surface area contributed by atoms with Gasteiger partial charge >= 0.3 is 0 Å². The number of rotatable bonds is 3. The molecule has 0 saturated heterocycles. The Morgan fingerprint density at radius 1 is 1.42 bits per heavy atom. The largest absolute Gasteiger partial charge is 0.441 e. The number of oxazole rings is 1. The van der Waals surface area contributed by atoms with E-state index in [4.69, 9.17) is 4.42 Å². The molecule has 2 heterocycles. The third-order valence-corrected chi connectivity index (χ3v) is 2.85. The van der Waals surface area contributed by atoms with Crippen molar-refractivity contribution in [3.8, 4) is 11.3 Å². The Kier molecular flexibility index (Phi) is 2.67. The molecule has 3 rings (SSSR count). The van der Waals surface area contributed by atoms with Crippen molar-refractivity contribution < 1.29 is 9.21 Å². The molecule has 0 amide bonds. The number of nitrogens with one attached hydrogen (secondary N) is 1. The molecule has 0 aliphatic rings. The number of hydrogen-bond acceptors (Lipinski definition) is 4. The highest BCUT2D eigenvalue weighted by Crippen LogP contribution is 2.23. The molecule has 0 bridgehead atoms. The van der Waals surface area contributed by atoms with Crippen molar-refractivity contribution in [1.29, 1.82) is 0 Å². The lowest BCUT2D eigenvalue weighted by Gasteiger charge is -1.96. The summed E-state index contributed by atoms with van der Waals surface area (Å²) in [6.07, 6.45) is 2.05. The number of carbonyl (C=O) groups is 1. The van der Waals surface area contributed by atoms with Gasteiger partial charge in [0.25, 0.3) is 0 Å². The molecule has 0 saturated carbocycles. The molecule has 0 atom stereocenters. The van der Waals surface area contributed by atoms with Gasteiger partial charge in [-0.15, -0.1) is 0 Å². The summed E-state index contributed by atoms with van der Waals surface area (Å²) in [6, 6.07) is 5.77. The third kappa shape index (κ3) is 2.27. The van der Waals surface area contributed by atoms with Gasteiger partial charge in [-0.05, 0) is 25.1 Å². The average Bonchev–Trinajstić information content (AvgIpc) is 2.92. The molecule has 0 aliphatic carbocycles. The number of aromatic amines is 1. The Bertz CT molecular complexity index is 755. The summed E-state index contributed by atoms with van der Waals surface area (Å²) >= 11 is 0. The predicted molar refractivity (Wildman–Crippen MR) is 70.7 cm³/mol. The predicted octanol–water partition coefficient (Wildman–Crippen LogP) is 2.66. The number of nitrogens with zero attached hydrogens (tertiary/aromatic N) is 2. The maximum Gasteiger partial charge on any atom is 0.192 e. The highest BCUT2D eigenvalue weighted by molar-refractivity contribution is 5.80. The molecule has 1 aromatic carbocycles. The molecule has 0 aliphatic heterocycles. The highest BCUT2D eigenvalue weighted by Gasteiger charge is 2.08. The summed E-state index contributed by atoms with van der Waals surface area (Å²) in [4.78, 5) is 22.7. The second-order valence-electron chi connectivity index (χ2n) is 4.54. The average molecular weight is 255 g/mol. The summed E-state index contributed by atoms with van der Waals surface area (Å²) in [6.45, 7) is 3.37. The summed E-state index contributed by atoms with van der Waals surface area (Å²) in [5, 5.41) is 0. The Balaban J connectivity index is 1.98. The Hall–Kier alpha value is -2.43. The van der Waals surface area contributed by atoms with E-state index in [1.807, 2.05) is 25.1 Å². The van der Waals surface area contributed by atoms with Crippen LogP contribution in [0.4, 0.5) is 0 Å².